The van der Waals surface area contributed by atoms with E-state index in [4.69, 9.17) is 0 Å². The van der Waals surface area contributed by atoms with Gasteiger partial charge in [0.15, 0.2) is 0 Å². The molecule has 0 aromatic heterocycles. The Labute approximate surface area is 82.3 Å². The van der Waals surface area contributed by atoms with Crippen LogP contribution in [0.3, 0.4) is 0 Å². The van der Waals surface area contributed by atoms with Gasteiger partial charge in [-0.25, -0.2) is 0 Å². The van der Waals surface area contributed by atoms with Gasteiger partial charge < -0.3 is 5.32 Å². The summed E-state index contributed by atoms with van der Waals surface area (Å²) in [5, 5.41) is 3.68. The van der Waals surface area contributed by atoms with Crippen LogP contribution >= 0.6 is 0 Å². The molecule has 2 rings (SSSR count). The molecular formula is C12H23N. The first kappa shape index (κ1) is 9.51. The fourth-order valence-corrected chi connectivity index (χ4v) is 2.41. The van der Waals surface area contributed by atoms with Crippen molar-refractivity contribution in [2.45, 2.75) is 52.0 Å². The topological polar surface area (TPSA) is 12.0 Å². The van der Waals surface area contributed by atoms with Gasteiger partial charge in [-0.2, -0.15) is 0 Å². The van der Waals surface area contributed by atoms with Gasteiger partial charge >= 0.3 is 0 Å². The third kappa shape index (κ3) is 2.70. The molecule has 0 heterocycles. The summed E-state index contributed by atoms with van der Waals surface area (Å²) in [6.07, 6.45) is 7.44. The Bertz CT molecular complexity index is 159. The van der Waals surface area contributed by atoms with Crippen molar-refractivity contribution >= 4 is 0 Å². The first-order valence-electron chi connectivity index (χ1n) is 6.04. The molecule has 2 fully saturated rings. The van der Waals surface area contributed by atoms with E-state index in [-0.39, 0.29) is 0 Å². The van der Waals surface area contributed by atoms with E-state index in [9.17, 15) is 0 Å². The molecule has 2 atom stereocenters. The summed E-state index contributed by atoms with van der Waals surface area (Å²) >= 11 is 0. The Kier molecular flexibility index (Phi) is 2.92. The second-order valence-corrected chi connectivity index (χ2v) is 5.04. The number of hydrogen-bond acceptors (Lipinski definition) is 1. The number of rotatable bonds is 6. The van der Waals surface area contributed by atoms with Crippen molar-refractivity contribution in [1.29, 1.82) is 0 Å². The van der Waals surface area contributed by atoms with Gasteiger partial charge in [0.25, 0.3) is 0 Å². The zero-order valence-corrected chi connectivity index (χ0v) is 9.05. The summed E-state index contributed by atoms with van der Waals surface area (Å²) < 4.78 is 0. The lowest BCUT2D eigenvalue weighted by atomic mass is 9.92. The van der Waals surface area contributed by atoms with Gasteiger partial charge in [-0.05, 0) is 43.6 Å². The molecule has 1 heteroatoms. The quantitative estimate of drug-likeness (QED) is 0.664. The smallest absolute Gasteiger partial charge is 0.00978 e. The zero-order chi connectivity index (χ0) is 9.26. The lowest BCUT2D eigenvalue weighted by Crippen LogP contribution is -2.36. The van der Waals surface area contributed by atoms with Crippen LogP contribution in [0.4, 0.5) is 0 Å². The molecule has 0 radical (unpaired) electrons. The van der Waals surface area contributed by atoms with Crippen LogP contribution in [0.5, 0.6) is 0 Å². The van der Waals surface area contributed by atoms with Crippen LogP contribution in [-0.2, 0) is 0 Å². The Balaban J connectivity index is 1.78. The van der Waals surface area contributed by atoms with Crippen molar-refractivity contribution in [3.8, 4) is 0 Å². The zero-order valence-electron chi connectivity index (χ0n) is 9.05. The van der Waals surface area contributed by atoms with Gasteiger partial charge in [0.2, 0.25) is 0 Å². The minimum Gasteiger partial charge on any atom is -0.314 e. The monoisotopic (exact) mass is 181 g/mol. The van der Waals surface area contributed by atoms with E-state index in [0.29, 0.717) is 0 Å². The highest BCUT2D eigenvalue weighted by Gasteiger charge is 2.35. The molecule has 1 N–H and O–H groups in total. The Morgan fingerprint density at radius 3 is 2.38 bits per heavy atom. The molecule has 0 aliphatic heterocycles. The molecule has 2 aliphatic carbocycles. The van der Waals surface area contributed by atoms with Gasteiger partial charge in [0.05, 0.1) is 0 Å². The molecule has 0 saturated heterocycles. The highest BCUT2D eigenvalue weighted by molar-refractivity contribution is 4.89. The van der Waals surface area contributed by atoms with Crippen LogP contribution in [0.1, 0.15) is 46.0 Å². The van der Waals surface area contributed by atoms with Crippen LogP contribution in [0.15, 0.2) is 0 Å². The average Bonchev–Trinajstić information content (AvgIpc) is 2.97. The predicted octanol–water partition coefficient (Wildman–Crippen LogP) is 2.81. The van der Waals surface area contributed by atoms with Crippen molar-refractivity contribution in [3.63, 3.8) is 0 Å². The minimum atomic E-state index is 0.824. The third-order valence-electron chi connectivity index (χ3n) is 3.75. The van der Waals surface area contributed by atoms with Crippen LogP contribution < -0.4 is 5.32 Å². The minimum absolute atomic E-state index is 0.824. The summed E-state index contributed by atoms with van der Waals surface area (Å²) in [6.45, 7) is 5.83. The lowest BCUT2D eigenvalue weighted by molar-refractivity contribution is 0.318. The molecule has 2 aliphatic rings. The molecular weight excluding hydrogens is 158 g/mol. The second kappa shape index (κ2) is 4.00. The second-order valence-electron chi connectivity index (χ2n) is 5.04. The molecule has 1 nitrogen and oxygen atoms in total. The highest BCUT2D eigenvalue weighted by atomic mass is 14.9. The Morgan fingerprint density at radius 1 is 1.23 bits per heavy atom. The lowest BCUT2D eigenvalue weighted by Gasteiger charge is -2.24. The van der Waals surface area contributed by atoms with Gasteiger partial charge in [-0.1, -0.05) is 26.7 Å². The van der Waals surface area contributed by atoms with Gasteiger partial charge in [-0.15, -0.1) is 0 Å². The van der Waals surface area contributed by atoms with Crippen molar-refractivity contribution < 1.29 is 0 Å². The largest absolute Gasteiger partial charge is 0.314 e. The first-order valence-corrected chi connectivity index (χ1v) is 6.04. The standard InChI is InChI=1S/C12H23N/c1-3-13-12(8-10-4-5-10)9(2)11-6-7-11/h9-13H,3-8H2,1-2H3. The summed E-state index contributed by atoms with van der Waals surface area (Å²) in [5.41, 5.74) is 0. The van der Waals surface area contributed by atoms with Crippen LogP contribution in [0.25, 0.3) is 0 Å². The normalized spacial score (nSPS) is 27.2. The van der Waals surface area contributed by atoms with Crippen LogP contribution in [0, 0.1) is 17.8 Å². The van der Waals surface area contributed by atoms with Crippen molar-refractivity contribution in [2.24, 2.45) is 17.8 Å². The molecule has 2 saturated carbocycles. The third-order valence-corrected chi connectivity index (χ3v) is 3.75. The summed E-state index contributed by atoms with van der Waals surface area (Å²) in [5.74, 6) is 3.06. The van der Waals surface area contributed by atoms with E-state index in [2.05, 4.69) is 19.2 Å². The molecule has 0 aromatic rings. The van der Waals surface area contributed by atoms with Crippen molar-refractivity contribution in [3.05, 3.63) is 0 Å². The molecule has 0 bridgehead atoms. The molecule has 2 unspecified atom stereocenters. The SMILES string of the molecule is CCNC(CC1CC1)C(C)C1CC1. The summed E-state index contributed by atoms with van der Waals surface area (Å²) in [4.78, 5) is 0. The van der Waals surface area contributed by atoms with Gasteiger partial charge in [-0.3, -0.25) is 0 Å². The molecule has 76 valence electrons. The Morgan fingerprint density at radius 2 is 1.92 bits per heavy atom. The summed E-state index contributed by atoms with van der Waals surface area (Å²) in [6, 6.07) is 0.824. The molecule has 0 spiro atoms. The average molecular weight is 181 g/mol. The fourth-order valence-electron chi connectivity index (χ4n) is 2.41. The van der Waals surface area contributed by atoms with Crippen molar-refractivity contribution in [1.82, 2.24) is 5.32 Å². The maximum Gasteiger partial charge on any atom is 0.00978 e. The van der Waals surface area contributed by atoms with E-state index in [1.54, 1.807) is 0 Å². The fraction of sp³-hybridized carbons (Fsp3) is 1.00. The predicted molar refractivity (Wildman–Crippen MR) is 56.7 cm³/mol. The highest BCUT2D eigenvalue weighted by Crippen LogP contribution is 2.42. The van der Waals surface area contributed by atoms with Crippen molar-refractivity contribution in [2.75, 3.05) is 6.54 Å². The van der Waals surface area contributed by atoms with E-state index in [0.717, 1.165) is 30.3 Å². The van der Waals surface area contributed by atoms with Crippen LogP contribution in [0.2, 0.25) is 0 Å². The maximum atomic E-state index is 3.68. The summed E-state index contributed by atoms with van der Waals surface area (Å²) in [7, 11) is 0. The van der Waals surface area contributed by atoms with Gasteiger partial charge in [0, 0.05) is 6.04 Å². The Hall–Kier alpha value is -0.0400. The van der Waals surface area contributed by atoms with E-state index in [1.807, 2.05) is 0 Å². The first-order chi connectivity index (χ1) is 6.31. The van der Waals surface area contributed by atoms with Crippen LogP contribution in [-0.4, -0.2) is 12.6 Å². The molecule has 13 heavy (non-hydrogen) atoms. The number of nitrogens with one attached hydrogen (secondary N) is 1. The van der Waals surface area contributed by atoms with E-state index in [1.165, 1.54) is 32.1 Å². The molecule has 0 amide bonds. The van der Waals surface area contributed by atoms with E-state index < -0.39 is 0 Å². The number of hydrogen-bond donors (Lipinski definition) is 1. The van der Waals surface area contributed by atoms with Gasteiger partial charge in [0.1, 0.15) is 0 Å². The molecule has 0 aromatic carbocycles. The maximum absolute atomic E-state index is 3.68. The van der Waals surface area contributed by atoms with E-state index >= 15 is 0 Å².